The summed E-state index contributed by atoms with van der Waals surface area (Å²) in [6.45, 7) is 4.55. The van der Waals surface area contributed by atoms with Crippen molar-refractivity contribution in [3.05, 3.63) is 66.0 Å². The second-order valence-corrected chi connectivity index (χ2v) is 6.96. The third kappa shape index (κ3) is 1.54. The number of hydrogen-bond donors (Lipinski definition) is 1. The topological polar surface area (TPSA) is 38.0 Å². The average molecular weight is 311 g/mol. The van der Waals surface area contributed by atoms with E-state index in [0.29, 0.717) is 0 Å². The van der Waals surface area contributed by atoms with Crippen LogP contribution in [0.4, 0.5) is 0 Å². The lowest BCUT2D eigenvalue weighted by molar-refractivity contribution is 0.615. The van der Waals surface area contributed by atoms with Crippen LogP contribution in [0.5, 0.6) is 0 Å². The third-order valence-corrected chi connectivity index (χ3v) is 5.35. The molecule has 2 aromatic heterocycles. The van der Waals surface area contributed by atoms with Gasteiger partial charge in [0.2, 0.25) is 0 Å². The van der Waals surface area contributed by atoms with Gasteiger partial charge in [0.05, 0.1) is 22.9 Å². The van der Waals surface area contributed by atoms with E-state index in [2.05, 4.69) is 53.7 Å². The summed E-state index contributed by atoms with van der Waals surface area (Å²) in [5, 5.41) is 11.8. The number of rotatable bonds is 1. The molecule has 1 aliphatic rings. The number of fused-ring (bicyclic) bond motifs is 5. The minimum Gasteiger partial charge on any atom is -0.450 e. The van der Waals surface area contributed by atoms with Gasteiger partial charge in [0.15, 0.2) is 0 Å². The van der Waals surface area contributed by atoms with Gasteiger partial charge in [-0.1, -0.05) is 49.6 Å². The highest BCUT2D eigenvalue weighted by Gasteiger charge is 2.34. The molecular formula is C20H16BN2O. The Morgan fingerprint density at radius 3 is 2.75 bits per heavy atom. The lowest BCUT2D eigenvalue weighted by Gasteiger charge is -2.34. The minimum absolute atomic E-state index is 0.0753. The van der Waals surface area contributed by atoms with Gasteiger partial charge in [0.25, 0.3) is 0 Å². The molecule has 0 atom stereocenters. The highest BCUT2D eigenvalue weighted by Crippen LogP contribution is 2.46. The molecule has 3 heterocycles. The molecule has 0 amide bonds. The molecule has 4 heteroatoms. The van der Waals surface area contributed by atoms with Crippen molar-refractivity contribution >= 4 is 34.8 Å². The van der Waals surface area contributed by atoms with Gasteiger partial charge >= 0.3 is 7.48 Å². The number of hydrogen-bond acceptors (Lipinski definition) is 2. The molecule has 0 fully saturated rings. The molecule has 115 valence electrons. The van der Waals surface area contributed by atoms with Gasteiger partial charge in [0, 0.05) is 22.4 Å². The molecule has 0 bridgehead atoms. The first-order valence-corrected chi connectivity index (χ1v) is 8.13. The maximum Gasteiger partial charge on any atom is 0.326 e. The van der Waals surface area contributed by atoms with Crippen molar-refractivity contribution in [1.82, 2.24) is 9.55 Å². The van der Waals surface area contributed by atoms with Crippen LogP contribution in [-0.2, 0) is 5.41 Å². The Bertz CT molecular complexity index is 1130. The SMILES string of the molecule is CC1(C)c2ccncc2-n2c3ccc([B]O)cc3c3cccc1c32. The first-order valence-electron chi connectivity index (χ1n) is 8.13. The zero-order valence-electron chi connectivity index (χ0n) is 13.6. The Morgan fingerprint density at radius 1 is 1.04 bits per heavy atom. The molecule has 0 spiro atoms. The number of para-hydroxylation sites is 1. The summed E-state index contributed by atoms with van der Waals surface area (Å²) in [4.78, 5) is 4.38. The highest BCUT2D eigenvalue weighted by atomic mass is 16.2. The number of pyridine rings is 1. The van der Waals surface area contributed by atoms with Crippen LogP contribution in [0.2, 0.25) is 0 Å². The zero-order valence-corrected chi connectivity index (χ0v) is 13.6. The van der Waals surface area contributed by atoms with E-state index in [1.807, 2.05) is 24.5 Å². The van der Waals surface area contributed by atoms with Crippen molar-refractivity contribution in [2.24, 2.45) is 0 Å². The van der Waals surface area contributed by atoms with E-state index in [4.69, 9.17) is 0 Å². The summed E-state index contributed by atoms with van der Waals surface area (Å²) in [5.74, 6) is 0. The van der Waals surface area contributed by atoms with Crippen molar-refractivity contribution in [2.75, 3.05) is 0 Å². The van der Waals surface area contributed by atoms with Crippen LogP contribution in [0.1, 0.15) is 25.0 Å². The standard InChI is InChI=1S/C20H16BN2O/c1-20(2)15-8-9-22-11-18(15)23-17-7-6-12(21-24)10-14(17)13-4-3-5-16(20)19(13)23/h3-11,24H,1-2H3. The van der Waals surface area contributed by atoms with Gasteiger partial charge in [-0.05, 0) is 23.3 Å². The number of aromatic nitrogens is 2. The molecule has 0 unspecified atom stereocenters. The molecule has 24 heavy (non-hydrogen) atoms. The molecular weight excluding hydrogens is 295 g/mol. The van der Waals surface area contributed by atoms with Crippen molar-refractivity contribution in [3.8, 4) is 5.69 Å². The Balaban J connectivity index is 2.08. The van der Waals surface area contributed by atoms with E-state index in [9.17, 15) is 5.02 Å². The Morgan fingerprint density at radius 2 is 1.92 bits per heavy atom. The molecule has 0 saturated carbocycles. The maximum atomic E-state index is 9.40. The van der Waals surface area contributed by atoms with Gasteiger partial charge < -0.3 is 9.59 Å². The van der Waals surface area contributed by atoms with Crippen LogP contribution >= 0.6 is 0 Å². The summed E-state index contributed by atoms with van der Waals surface area (Å²) >= 11 is 0. The van der Waals surface area contributed by atoms with Crippen LogP contribution in [0.25, 0.3) is 27.5 Å². The van der Waals surface area contributed by atoms with Crippen molar-refractivity contribution in [3.63, 3.8) is 0 Å². The third-order valence-electron chi connectivity index (χ3n) is 5.35. The Hall–Kier alpha value is -2.59. The van der Waals surface area contributed by atoms with Crippen molar-refractivity contribution in [1.29, 1.82) is 0 Å². The van der Waals surface area contributed by atoms with Crippen molar-refractivity contribution < 1.29 is 5.02 Å². The quantitative estimate of drug-likeness (QED) is 0.549. The van der Waals surface area contributed by atoms with Gasteiger partial charge in [-0.2, -0.15) is 0 Å². The minimum atomic E-state index is -0.0753. The molecule has 3 nitrogen and oxygen atoms in total. The molecule has 0 aliphatic carbocycles. The number of nitrogens with zero attached hydrogens (tertiary/aromatic N) is 2. The predicted octanol–water partition coefficient (Wildman–Crippen LogP) is 3.05. The fourth-order valence-corrected chi connectivity index (χ4v) is 4.16. The summed E-state index contributed by atoms with van der Waals surface area (Å²) in [5.41, 5.74) is 6.88. The summed E-state index contributed by atoms with van der Waals surface area (Å²) in [7, 11) is 1.16. The molecule has 4 aromatic rings. The van der Waals surface area contributed by atoms with E-state index in [0.717, 1.165) is 29.5 Å². The lowest BCUT2D eigenvalue weighted by Crippen LogP contribution is -2.26. The second-order valence-electron chi connectivity index (χ2n) is 6.96. The fraction of sp³-hybridized carbons (Fsp3) is 0.150. The van der Waals surface area contributed by atoms with E-state index < -0.39 is 0 Å². The number of benzene rings is 2. The van der Waals surface area contributed by atoms with Crippen LogP contribution in [0.3, 0.4) is 0 Å². The van der Waals surface area contributed by atoms with Gasteiger partial charge in [-0.25, -0.2) is 0 Å². The van der Waals surface area contributed by atoms with Gasteiger partial charge in [-0.3, -0.25) is 4.98 Å². The Labute approximate surface area is 140 Å². The summed E-state index contributed by atoms with van der Waals surface area (Å²) in [6, 6.07) is 14.7. The zero-order chi connectivity index (χ0) is 16.5. The largest absolute Gasteiger partial charge is 0.450 e. The average Bonchev–Trinajstić information content (AvgIpc) is 2.94. The van der Waals surface area contributed by atoms with E-state index >= 15 is 0 Å². The van der Waals surface area contributed by atoms with Gasteiger partial charge in [0.1, 0.15) is 0 Å². The van der Waals surface area contributed by atoms with Crippen LogP contribution in [-0.4, -0.2) is 22.1 Å². The van der Waals surface area contributed by atoms with E-state index in [1.54, 1.807) is 0 Å². The molecule has 1 radical (unpaired) electrons. The molecule has 5 rings (SSSR count). The first kappa shape index (κ1) is 13.8. The molecule has 2 aromatic carbocycles. The summed E-state index contributed by atoms with van der Waals surface area (Å²) in [6.07, 6.45) is 3.83. The van der Waals surface area contributed by atoms with Crippen LogP contribution in [0.15, 0.2) is 54.9 Å². The fourth-order valence-electron chi connectivity index (χ4n) is 4.16. The van der Waals surface area contributed by atoms with Gasteiger partial charge in [-0.15, -0.1) is 0 Å². The Kier molecular flexibility index (Phi) is 2.58. The molecule has 0 saturated heterocycles. The molecule has 1 N–H and O–H groups in total. The smallest absolute Gasteiger partial charge is 0.326 e. The monoisotopic (exact) mass is 311 g/mol. The van der Waals surface area contributed by atoms with E-state index in [1.165, 1.54) is 22.0 Å². The first-order chi connectivity index (χ1) is 11.6. The van der Waals surface area contributed by atoms with Crippen LogP contribution in [0, 0.1) is 0 Å². The predicted molar refractivity (Wildman–Crippen MR) is 98.3 cm³/mol. The van der Waals surface area contributed by atoms with Crippen LogP contribution < -0.4 is 5.46 Å². The highest BCUT2D eigenvalue weighted by molar-refractivity contribution is 6.46. The lowest BCUT2D eigenvalue weighted by atomic mass is 9.75. The van der Waals surface area contributed by atoms with E-state index in [-0.39, 0.29) is 5.41 Å². The summed E-state index contributed by atoms with van der Waals surface area (Å²) < 4.78 is 2.31. The second kappa shape index (κ2) is 4.49. The molecule has 1 aliphatic heterocycles. The van der Waals surface area contributed by atoms with Crippen molar-refractivity contribution in [2.45, 2.75) is 19.3 Å². The normalized spacial score (nSPS) is 14.8. The maximum absolute atomic E-state index is 9.40.